The Balaban J connectivity index is 2.42. The molecule has 0 spiro atoms. The number of hydrogen-bond donors (Lipinski definition) is 0. The molecule has 1 aromatic rings. The van der Waals surface area contributed by atoms with Crippen LogP contribution in [-0.2, 0) is 0 Å². The first-order valence-corrected chi connectivity index (χ1v) is 3.11. The zero-order valence-electron chi connectivity index (χ0n) is 4.95. The first kappa shape index (κ1) is 5.82. The van der Waals surface area contributed by atoms with E-state index in [1.165, 1.54) is 0 Å². The van der Waals surface area contributed by atoms with Crippen molar-refractivity contribution in [2.75, 3.05) is 0 Å². The smallest absolute Gasteiger partial charge is 0.197 e. The summed E-state index contributed by atoms with van der Waals surface area (Å²) in [4.78, 5) is 9.77. The lowest BCUT2D eigenvalue weighted by Crippen LogP contribution is -2.12. The monoisotopic (exact) mass is 157 g/mol. The molecule has 1 aliphatic rings. The standard InChI is InChI=1S/C6H4ClNO2/c7-8-9-5-3-1-2-4-6(5)10-8/h1-4H. The van der Waals surface area contributed by atoms with Crippen LogP contribution in [0, 0.1) is 0 Å². The van der Waals surface area contributed by atoms with Gasteiger partial charge in [0.1, 0.15) is 4.75 Å². The zero-order valence-corrected chi connectivity index (χ0v) is 5.71. The second-order valence-electron chi connectivity index (χ2n) is 1.84. The molecule has 52 valence electrons. The Kier molecular flexibility index (Phi) is 1.19. The van der Waals surface area contributed by atoms with Crippen molar-refractivity contribution in [3.63, 3.8) is 0 Å². The molecule has 4 heteroatoms. The SMILES string of the molecule is ClN1Oc2ccccc2O1. The Morgan fingerprint density at radius 3 is 2.10 bits per heavy atom. The van der Waals surface area contributed by atoms with Crippen LogP contribution < -0.4 is 9.68 Å². The van der Waals surface area contributed by atoms with Crippen molar-refractivity contribution in [3.05, 3.63) is 24.3 Å². The summed E-state index contributed by atoms with van der Waals surface area (Å²) < 4.78 is 0.796. The van der Waals surface area contributed by atoms with Crippen LogP contribution in [0.15, 0.2) is 24.3 Å². The van der Waals surface area contributed by atoms with Gasteiger partial charge in [0.05, 0.1) is 11.8 Å². The second-order valence-corrected chi connectivity index (χ2v) is 2.12. The summed E-state index contributed by atoms with van der Waals surface area (Å²) in [7, 11) is 0. The molecule has 0 unspecified atom stereocenters. The fraction of sp³-hybridized carbons (Fsp3) is 0. The predicted molar refractivity (Wildman–Crippen MR) is 35.4 cm³/mol. The van der Waals surface area contributed by atoms with Crippen molar-refractivity contribution in [2.45, 2.75) is 0 Å². The number of nitrogens with zero attached hydrogens (tertiary/aromatic N) is 1. The molecule has 3 nitrogen and oxygen atoms in total. The normalized spacial score (nSPS) is 15.7. The molecule has 0 aliphatic carbocycles. The van der Waals surface area contributed by atoms with Crippen molar-refractivity contribution in [1.29, 1.82) is 0 Å². The summed E-state index contributed by atoms with van der Waals surface area (Å²) in [5.74, 6) is 1.27. The Hall–Kier alpha value is -0.930. The minimum absolute atomic E-state index is 0.637. The molecular formula is C6H4ClNO2. The van der Waals surface area contributed by atoms with Gasteiger partial charge in [0, 0.05) is 0 Å². The van der Waals surface area contributed by atoms with Gasteiger partial charge in [-0.3, -0.25) is 0 Å². The van der Waals surface area contributed by atoms with E-state index in [0.717, 1.165) is 4.75 Å². The minimum Gasteiger partial charge on any atom is -0.353 e. The van der Waals surface area contributed by atoms with Crippen molar-refractivity contribution in [3.8, 4) is 11.5 Å². The number of para-hydroxylation sites is 2. The molecular weight excluding hydrogens is 154 g/mol. The maximum absolute atomic E-state index is 5.37. The highest BCUT2D eigenvalue weighted by molar-refractivity contribution is 6.12. The van der Waals surface area contributed by atoms with Crippen molar-refractivity contribution < 1.29 is 9.68 Å². The first-order chi connectivity index (χ1) is 4.86. The van der Waals surface area contributed by atoms with Gasteiger partial charge in [-0.05, 0) is 12.1 Å². The van der Waals surface area contributed by atoms with Crippen LogP contribution in [0.2, 0.25) is 0 Å². The predicted octanol–water partition coefficient (Wildman–Crippen LogP) is 1.74. The fourth-order valence-electron chi connectivity index (χ4n) is 0.774. The lowest BCUT2D eigenvalue weighted by molar-refractivity contribution is -0.138. The van der Waals surface area contributed by atoms with E-state index in [4.69, 9.17) is 21.5 Å². The van der Waals surface area contributed by atoms with Gasteiger partial charge in [0.2, 0.25) is 0 Å². The molecule has 10 heavy (non-hydrogen) atoms. The van der Waals surface area contributed by atoms with E-state index in [1.54, 1.807) is 12.1 Å². The lowest BCUT2D eigenvalue weighted by atomic mass is 10.3. The van der Waals surface area contributed by atoms with Crippen molar-refractivity contribution in [2.24, 2.45) is 0 Å². The highest BCUT2D eigenvalue weighted by Crippen LogP contribution is 2.33. The molecule has 1 aliphatic heterocycles. The van der Waals surface area contributed by atoms with E-state index in [1.807, 2.05) is 12.1 Å². The third-order valence-electron chi connectivity index (χ3n) is 1.19. The molecule has 1 heterocycles. The lowest BCUT2D eigenvalue weighted by Gasteiger charge is -1.97. The van der Waals surface area contributed by atoms with Gasteiger partial charge in [0.25, 0.3) is 0 Å². The summed E-state index contributed by atoms with van der Waals surface area (Å²) in [6.45, 7) is 0. The number of hydrogen-bond acceptors (Lipinski definition) is 3. The van der Waals surface area contributed by atoms with Gasteiger partial charge < -0.3 is 9.68 Å². The van der Waals surface area contributed by atoms with Crippen LogP contribution in [0.3, 0.4) is 0 Å². The van der Waals surface area contributed by atoms with Gasteiger partial charge in [-0.2, -0.15) is 0 Å². The van der Waals surface area contributed by atoms with E-state index in [9.17, 15) is 0 Å². The van der Waals surface area contributed by atoms with Crippen LogP contribution in [-0.4, -0.2) is 4.75 Å². The van der Waals surface area contributed by atoms with Crippen LogP contribution in [0.25, 0.3) is 0 Å². The third-order valence-corrected chi connectivity index (χ3v) is 1.33. The van der Waals surface area contributed by atoms with E-state index >= 15 is 0 Å². The van der Waals surface area contributed by atoms with Gasteiger partial charge in [-0.1, -0.05) is 12.1 Å². The van der Waals surface area contributed by atoms with Gasteiger partial charge >= 0.3 is 0 Å². The molecule has 0 aromatic heterocycles. The summed E-state index contributed by atoms with van der Waals surface area (Å²) in [6.07, 6.45) is 0. The summed E-state index contributed by atoms with van der Waals surface area (Å²) in [6, 6.07) is 7.24. The fourth-order valence-corrected chi connectivity index (χ4v) is 0.923. The van der Waals surface area contributed by atoms with Crippen LogP contribution >= 0.6 is 11.8 Å². The van der Waals surface area contributed by atoms with E-state index in [2.05, 4.69) is 0 Å². The summed E-state index contributed by atoms with van der Waals surface area (Å²) in [5, 5.41) is 0. The Morgan fingerprint density at radius 2 is 1.60 bits per heavy atom. The largest absolute Gasteiger partial charge is 0.353 e. The molecule has 0 saturated heterocycles. The Morgan fingerprint density at radius 1 is 1.10 bits per heavy atom. The first-order valence-electron chi connectivity index (χ1n) is 2.77. The molecule has 0 radical (unpaired) electrons. The number of benzene rings is 1. The molecule has 0 amide bonds. The van der Waals surface area contributed by atoms with Crippen LogP contribution in [0.5, 0.6) is 11.5 Å². The Labute approximate surface area is 62.7 Å². The number of halogens is 1. The van der Waals surface area contributed by atoms with E-state index in [0.29, 0.717) is 11.5 Å². The summed E-state index contributed by atoms with van der Waals surface area (Å²) in [5.41, 5.74) is 0. The maximum atomic E-state index is 5.37. The topological polar surface area (TPSA) is 21.7 Å². The molecule has 0 N–H and O–H groups in total. The maximum Gasteiger partial charge on any atom is 0.197 e. The quantitative estimate of drug-likeness (QED) is 0.536. The van der Waals surface area contributed by atoms with Gasteiger partial charge in [-0.15, -0.1) is 0 Å². The van der Waals surface area contributed by atoms with Crippen LogP contribution in [0.4, 0.5) is 0 Å². The van der Waals surface area contributed by atoms with Gasteiger partial charge in [-0.25, -0.2) is 0 Å². The molecule has 0 atom stereocenters. The average Bonchev–Trinajstić information content (AvgIpc) is 2.27. The molecule has 0 bridgehead atoms. The van der Waals surface area contributed by atoms with E-state index < -0.39 is 0 Å². The highest BCUT2D eigenvalue weighted by Gasteiger charge is 2.19. The van der Waals surface area contributed by atoms with Crippen molar-refractivity contribution in [1.82, 2.24) is 4.75 Å². The molecule has 0 saturated carbocycles. The van der Waals surface area contributed by atoms with E-state index in [-0.39, 0.29) is 0 Å². The zero-order chi connectivity index (χ0) is 6.97. The summed E-state index contributed by atoms with van der Waals surface area (Å²) >= 11 is 5.37. The average molecular weight is 158 g/mol. The minimum atomic E-state index is 0.637. The van der Waals surface area contributed by atoms with Gasteiger partial charge in [0.15, 0.2) is 11.5 Å². The third kappa shape index (κ3) is 0.798. The molecule has 1 aromatic carbocycles. The Bertz CT molecular complexity index is 228. The number of rotatable bonds is 0. The highest BCUT2D eigenvalue weighted by atomic mass is 35.5. The molecule has 0 fully saturated rings. The van der Waals surface area contributed by atoms with Crippen LogP contribution in [0.1, 0.15) is 0 Å². The second kappa shape index (κ2) is 2.04. The van der Waals surface area contributed by atoms with Crippen molar-refractivity contribution >= 4 is 11.8 Å². The number of fused-ring (bicyclic) bond motifs is 1. The molecule has 2 rings (SSSR count).